The molecule has 1 amide bonds. The Hall–Kier alpha value is -1.92. The maximum absolute atomic E-state index is 12.3. The van der Waals surface area contributed by atoms with Crippen molar-refractivity contribution in [3.05, 3.63) is 41.6 Å². The Morgan fingerprint density at radius 2 is 2.12 bits per heavy atom. The van der Waals surface area contributed by atoms with Gasteiger partial charge in [0.05, 0.1) is 12.2 Å². The van der Waals surface area contributed by atoms with Gasteiger partial charge in [-0.1, -0.05) is 12.1 Å². The Morgan fingerprint density at radius 1 is 1.38 bits per heavy atom. The first-order valence-corrected chi connectivity index (χ1v) is 8.14. The van der Waals surface area contributed by atoms with Gasteiger partial charge in [-0.3, -0.25) is 4.79 Å². The maximum atomic E-state index is 12.3. The normalized spacial score (nSPS) is 16.9. The molecule has 1 unspecified atom stereocenters. The molecule has 2 aromatic rings. The Labute approximate surface area is 148 Å². The highest BCUT2D eigenvalue weighted by atomic mass is 35.5. The second-order valence-electron chi connectivity index (χ2n) is 6.36. The number of nitrogens with zero attached hydrogens (tertiary/aromatic N) is 3. The average molecular weight is 350 g/mol. The number of carbonyl (C=O) groups is 1. The topological polar surface area (TPSA) is 71.8 Å². The van der Waals surface area contributed by atoms with Crippen LogP contribution in [0.5, 0.6) is 0 Å². The number of halogens is 1. The number of carbonyl (C=O) groups excluding carboxylic acids is 1. The maximum Gasteiger partial charge on any atom is 0.256 e. The van der Waals surface area contributed by atoms with E-state index < -0.39 is 0 Å². The third-order valence-corrected chi connectivity index (χ3v) is 4.11. The van der Waals surface area contributed by atoms with Crippen molar-refractivity contribution < 1.29 is 4.79 Å². The van der Waals surface area contributed by atoms with E-state index in [2.05, 4.69) is 20.8 Å². The summed E-state index contributed by atoms with van der Waals surface area (Å²) in [5, 5.41) is 14.5. The molecule has 1 aromatic heterocycles. The molecule has 1 aliphatic heterocycles. The van der Waals surface area contributed by atoms with E-state index in [1.165, 1.54) is 12.0 Å². The smallest absolute Gasteiger partial charge is 0.256 e. The molecule has 1 atom stereocenters. The van der Waals surface area contributed by atoms with E-state index in [1.54, 1.807) is 11.0 Å². The van der Waals surface area contributed by atoms with E-state index in [0.717, 1.165) is 19.5 Å². The molecule has 0 radical (unpaired) electrons. The summed E-state index contributed by atoms with van der Waals surface area (Å²) in [5.41, 5.74) is 1.92. The van der Waals surface area contributed by atoms with Gasteiger partial charge in [-0.15, -0.1) is 17.5 Å². The molecule has 0 spiro atoms. The molecule has 0 bridgehead atoms. The lowest BCUT2D eigenvalue weighted by molar-refractivity contribution is 0.102. The molecule has 7 heteroatoms. The second-order valence-corrected chi connectivity index (χ2v) is 6.36. The van der Waals surface area contributed by atoms with Crippen LogP contribution in [0.15, 0.2) is 30.5 Å². The zero-order chi connectivity index (χ0) is 16.2. The number of aromatic nitrogens is 3. The first-order chi connectivity index (χ1) is 11.1. The minimum absolute atomic E-state index is 0. The van der Waals surface area contributed by atoms with Gasteiger partial charge in [0.25, 0.3) is 5.91 Å². The standard InChI is InChI=1S/C17H23N5O.ClH/c1-12(2)22-19-11-16(21-22)20-17(23)15-5-3-13(4-6-15)9-14-7-8-18-10-14;/h3-6,11-12,14,18H,7-10H2,1-2H3,(H,20,21,23);1H. The van der Waals surface area contributed by atoms with Gasteiger partial charge in [0.1, 0.15) is 0 Å². The fourth-order valence-corrected chi connectivity index (χ4v) is 2.78. The monoisotopic (exact) mass is 349 g/mol. The molecule has 1 aromatic carbocycles. The fourth-order valence-electron chi connectivity index (χ4n) is 2.78. The van der Waals surface area contributed by atoms with Crippen molar-refractivity contribution in [2.45, 2.75) is 32.7 Å². The van der Waals surface area contributed by atoms with Gasteiger partial charge >= 0.3 is 0 Å². The van der Waals surface area contributed by atoms with Crippen molar-refractivity contribution in [1.29, 1.82) is 0 Å². The molecule has 0 aliphatic carbocycles. The van der Waals surface area contributed by atoms with Crippen LogP contribution in [-0.4, -0.2) is 34.0 Å². The number of hydrogen-bond donors (Lipinski definition) is 2. The zero-order valence-corrected chi connectivity index (χ0v) is 14.8. The van der Waals surface area contributed by atoms with Gasteiger partial charge in [-0.2, -0.15) is 9.90 Å². The first kappa shape index (κ1) is 18.4. The molecule has 24 heavy (non-hydrogen) atoms. The van der Waals surface area contributed by atoms with Crippen LogP contribution in [0.2, 0.25) is 0 Å². The van der Waals surface area contributed by atoms with Gasteiger partial charge in [-0.25, -0.2) is 0 Å². The first-order valence-electron chi connectivity index (χ1n) is 8.14. The lowest BCUT2D eigenvalue weighted by Crippen LogP contribution is -2.13. The Morgan fingerprint density at radius 3 is 2.71 bits per heavy atom. The molecule has 2 N–H and O–H groups in total. The second kappa shape index (κ2) is 8.26. The SMILES string of the molecule is CC(C)n1ncc(NC(=O)c2ccc(CC3CCNC3)cc2)n1.Cl. The van der Waals surface area contributed by atoms with Crippen LogP contribution in [0.1, 0.15) is 42.2 Å². The van der Waals surface area contributed by atoms with Crippen LogP contribution in [0, 0.1) is 5.92 Å². The average Bonchev–Trinajstić information content (AvgIpc) is 3.19. The van der Waals surface area contributed by atoms with Crippen LogP contribution >= 0.6 is 12.4 Å². The molecule has 0 saturated carbocycles. The van der Waals surface area contributed by atoms with Crippen molar-refractivity contribution in [3.8, 4) is 0 Å². The molecular weight excluding hydrogens is 326 g/mol. The summed E-state index contributed by atoms with van der Waals surface area (Å²) in [6.45, 7) is 6.18. The highest BCUT2D eigenvalue weighted by Crippen LogP contribution is 2.16. The molecule has 6 nitrogen and oxygen atoms in total. The molecule has 1 aliphatic rings. The third-order valence-electron chi connectivity index (χ3n) is 4.11. The fraction of sp³-hybridized carbons (Fsp3) is 0.471. The van der Waals surface area contributed by atoms with Crippen LogP contribution in [0.4, 0.5) is 5.82 Å². The van der Waals surface area contributed by atoms with Gasteiger partial charge in [0.2, 0.25) is 0 Å². The minimum Gasteiger partial charge on any atom is -0.316 e. The highest BCUT2D eigenvalue weighted by molar-refractivity contribution is 6.03. The number of rotatable bonds is 5. The number of benzene rings is 1. The number of nitrogens with one attached hydrogen (secondary N) is 2. The number of hydrogen-bond acceptors (Lipinski definition) is 4. The summed E-state index contributed by atoms with van der Waals surface area (Å²) in [7, 11) is 0. The zero-order valence-electron chi connectivity index (χ0n) is 14.0. The minimum atomic E-state index is -0.158. The quantitative estimate of drug-likeness (QED) is 0.870. The van der Waals surface area contributed by atoms with E-state index >= 15 is 0 Å². The van der Waals surface area contributed by atoms with Gasteiger partial charge in [-0.05, 0) is 63.4 Å². The molecule has 1 fully saturated rings. The van der Waals surface area contributed by atoms with Crippen LogP contribution in [0.25, 0.3) is 0 Å². The predicted molar refractivity (Wildman–Crippen MR) is 96.7 cm³/mol. The van der Waals surface area contributed by atoms with Gasteiger partial charge < -0.3 is 10.6 Å². The van der Waals surface area contributed by atoms with Gasteiger partial charge in [0, 0.05) is 5.56 Å². The molecule has 130 valence electrons. The van der Waals surface area contributed by atoms with E-state index in [1.807, 2.05) is 38.1 Å². The van der Waals surface area contributed by atoms with Crippen molar-refractivity contribution in [1.82, 2.24) is 20.3 Å². The van der Waals surface area contributed by atoms with Crippen molar-refractivity contribution in [2.24, 2.45) is 5.92 Å². The number of anilines is 1. The summed E-state index contributed by atoms with van der Waals surface area (Å²) < 4.78 is 0. The Kier molecular flexibility index (Phi) is 6.34. The van der Waals surface area contributed by atoms with E-state index in [0.29, 0.717) is 17.3 Å². The lowest BCUT2D eigenvalue weighted by Gasteiger charge is -2.09. The molecule has 1 saturated heterocycles. The Bertz CT molecular complexity index is 662. The lowest BCUT2D eigenvalue weighted by atomic mass is 9.98. The van der Waals surface area contributed by atoms with Crippen LogP contribution in [0.3, 0.4) is 0 Å². The summed E-state index contributed by atoms with van der Waals surface area (Å²) in [5.74, 6) is 1.03. The van der Waals surface area contributed by atoms with E-state index in [9.17, 15) is 4.79 Å². The summed E-state index contributed by atoms with van der Waals surface area (Å²) in [6.07, 6.45) is 3.87. The highest BCUT2D eigenvalue weighted by Gasteiger charge is 2.15. The number of amides is 1. The molecule has 3 rings (SSSR count). The van der Waals surface area contributed by atoms with Crippen molar-refractivity contribution >= 4 is 24.1 Å². The van der Waals surface area contributed by atoms with Crippen molar-refractivity contribution in [2.75, 3.05) is 18.4 Å². The molecule has 2 heterocycles. The predicted octanol–water partition coefficient (Wildman–Crippen LogP) is 2.69. The molecular formula is C17H24ClN5O. The van der Waals surface area contributed by atoms with Gasteiger partial charge in [0.15, 0.2) is 5.82 Å². The van der Waals surface area contributed by atoms with E-state index in [-0.39, 0.29) is 24.4 Å². The summed E-state index contributed by atoms with van der Waals surface area (Å²) >= 11 is 0. The van der Waals surface area contributed by atoms with Crippen LogP contribution in [-0.2, 0) is 6.42 Å². The van der Waals surface area contributed by atoms with Crippen molar-refractivity contribution in [3.63, 3.8) is 0 Å². The van der Waals surface area contributed by atoms with Crippen LogP contribution < -0.4 is 10.6 Å². The third kappa shape index (κ3) is 4.55. The summed E-state index contributed by atoms with van der Waals surface area (Å²) in [6, 6.07) is 8.00. The Balaban J connectivity index is 0.00000208. The largest absolute Gasteiger partial charge is 0.316 e. The summed E-state index contributed by atoms with van der Waals surface area (Å²) in [4.78, 5) is 13.8. The van der Waals surface area contributed by atoms with E-state index in [4.69, 9.17) is 0 Å².